The molecular weight excluding hydrogens is 638 g/mol. The lowest BCUT2D eigenvalue weighted by Gasteiger charge is -2.20. The van der Waals surface area contributed by atoms with Gasteiger partial charge in [0.2, 0.25) is 5.96 Å². The quantitative estimate of drug-likeness (QED) is 0.0975. The van der Waals surface area contributed by atoms with Crippen LogP contribution in [-0.2, 0) is 32.6 Å². The van der Waals surface area contributed by atoms with Crippen LogP contribution in [0.5, 0.6) is 5.75 Å². The van der Waals surface area contributed by atoms with Crippen LogP contribution >= 0.6 is 0 Å². The summed E-state index contributed by atoms with van der Waals surface area (Å²) in [5.74, 6) is -0.950. The zero-order valence-corrected chi connectivity index (χ0v) is 29.2. The Kier molecular flexibility index (Phi) is 11.0. The van der Waals surface area contributed by atoms with Crippen LogP contribution in [0, 0.1) is 32.1 Å². The van der Waals surface area contributed by atoms with Crippen LogP contribution in [0.3, 0.4) is 0 Å². The van der Waals surface area contributed by atoms with E-state index in [1.807, 2.05) is 65.0 Å². The number of guanidine groups is 1. The Labute approximate surface area is 281 Å². The summed E-state index contributed by atoms with van der Waals surface area (Å²) in [6.07, 6.45) is 1.81. The number of fused-ring (bicyclic) bond motifs is 1. The smallest absolute Gasteiger partial charge is 0.408 e. The minimum atomic E-state index is -4.10. The van der Waals surface area contributed by atoms with Crippen molar-refractivity contribution in [3.63, 3.8) is 0 Å². The number of aromatic nitrogens is 3. The number of ether oxygens (including phenoxy) is 2. The number of carbonyl (C=O) groups is 2. The van der Waals surface area contributed by atoms with Crippen molar-refractivity contribution in [3.8, 4) is 5.75 Å². The summed E-state index contributed by atoms with van der Waals surface area (Å²) in [5, 5.41) is 31.8. The second kappa shape index (κ2) is 14.6. The van der Waals surface area contributed by atoms with Gasteiger partial charge < -0.3 is 25.2 Å². The van der Waals surface area contributed by atoms with E-state index in [4.69, 9.17) is 14.9 Å². The van der Waals surface area contributed by atoms with Crippen molar-refractivity contribution in [1.29, 1.82) is 5.41 Å². The summed E-state index contributed by atoms with van der Waals surface area (Å²) in [6, 6.07) is 7.60. The first-order valence-corrected chi connectivity index (χ1v) is 17.3. The summed E-state index contributed by atoms with van der Waals surface area (Å²) in [7, 11) is -4.10. The molecule has 1 aromatic heterocycles. The minimum Gasteiger partial charge on any atom is -0.487 e. The molecule has 0 unspecified atom stereocenters. The van der Waals surface area contributed by atoms with Gasteiger partial charge in [-0.3, -0.25) is 5.41 Å². The van der Waals surface area contributed by atoms with Crippen LogP contribution in [0.1, 0.15) is 86.1 Å². The fraction of sp³-hybridized carbons (Fsp3) is 0.485. The number of rotatable bonds is 13. The van der Waals surface area contributed by atoms with E-state index in [2.05, 4.69) is 25.7 Å². The molecule has 0 aliphatic carbocycles. The number of hydrogen-bond donors (Lipinski definition) is 5. The van der Waals surface area contributed by atoms with E-state index in [1.54, 1.807) is 13.8 Å². The Balaban J connectivity index is 1.33. The molecular formula is C33H45N7O7S. The van der Waals surface area contributed by atoms with E-state index in [1.165, 1.54) is 10.9 Å². The number of nitrogens with zero attached hydrogens (tertiary/aromatic N) is 3. The molecule has 1 aliphatic rings. The molecule has 1 amide bonds. The minimum absolute atomic E-state index is 0.0963. The molecule has 2 heterocycles. The van der Waals surface area contributed by atoms with Gasteiger partial charge in [0, 0.05) is 18.5 Å². The first-order valence-electron chi connectivity index (χ1n) is 15.8. The molecule has 260 valence electrons. The molecule has 2 aromatic carbocycles. The van der Waals surface area contributed by atoms with Gasteiger partial charge in [-0.1, -0.05) is 49.4 Å². The zero-order chi connectivity index (χ0) is 35.4. The van der Waals surface area contributed by atoms with Crippen LogP contribution in [0.2, 0.25) is 0 Å². The van der Waals surface area contributed by atoms with Gasteiger partial charge in [-0.15, -0.1) is 5.10 Å². The fourth-order valence-corrected chi connectivity index (χ4v) is 7.33. The molecule has 0 saturated carbocycles. The van der Waals surface area contributed by atoms with Crippen LogP contribution in [0.25, 0.3) is 0 Å². The number of benzene rings is 2. The first kappa shape index (κ1) is 36.2. The van der Waals surface area contributed by atoms with Crippen LogP contribution in [-0.4, -0.2) is 58.7 Å². The third kappa shape index (κ3) is 8.43. The van der Waals surface area contributed by atoms with Crippen LogP contribution in [0.15, 0.2) is 41.4 Å². The molecule has 0 spiro atoms. The Bertz CT molecular complexity index is 1770. The first-order chi connectivity index (χ1) is 22.5. The summed E-state index contributed by atoms with van der Waals surface area (Å²) >= 11 is 0. The van der Waals surface area contributed by atoms with Gasteiger partial charge in [-0.05, 0) is 75.6 Å². The predicted molar refractivity (Wildman–Crippen MR) is 178 cm³/mol. The molecule has 3 aromatic rings. The topological polar surface area (TPSA) is 198 Å². The highest BCUT2D eigenvalue weighted by Crippen LogP contribution is 2.43. The molecule has 15 heteroatoms. The Morgan fingerprint density at radius 3 is 2.46 bits per heavy atom. The van der Waals surface area contributed by atoms with E-state index < -0.39 is 45.7 Å². The molecule has 0 saturated heterocycles. The highest BCUT2D eigenvalue weighted by Gasteiger charge is 2.37. The largest absolute Gasteiger partial charge is 0.487 e. The Hall–Kier alpha value is -4.66. The van der Waals surface area contributed by atoms with Crippen LogP contribution in [0.4, 0.5) is 4.79 Å². The van der Waals surface area contributed by atoms with E-state index in [0.717, 1.165) is 16.7 Å². The van der Waals surface area contributed by atoms with Crippen molar-refractivity contribution in [2.75, 3.05) is 6.54 Å². The number of carboxylic acids is 1. The number of hydrogen-bond acceptors (Lipinski definition) is 9. The molecule has 0 radical (unpaired) electrons. The number of carbonyl (C=O) groups excluding carboxylic acids is 1. The maximum absolute atomic E-state index is 13.4. The van der Waals surface area contributed by atoms with E-state index in [9.17, 15) is 23.1 Å². The summed E-state index contributed by atoms with van der Waals surface area (Å²) in [5.41, 5.74) is 3.51. The van der Waals surface area contributed by atoms with Crippen molar-refractivity contribution in [1.82, 2.24) is 30.3 Å². The highest BCUT2D eigenvalue weighted by atomic mass is 32.2. The normalized spacial score (nSPS) is 14.8. The lowest BCUT2D eigenvalue weighted by molar-refractivity contribution is -0.141. The molecule has 5 N–H and O–H groups in total. The number of alkyl carbamates (subject to hydrolysis) is 1. The maximum Gasteiger partial charge on any atom is 0.408 e. The number of sulfonamides is 1. The Morgan fingerprint density at radius 1 is 1.12 bits per heavy atom. The van der Waals surface area contributed by atoms with E-state index >= 15 is 0 Å². The summed E-state index contributed by atoms with van der Waals surface area (Å²) in [6.45, 7) is 13.2. The third-order valence-electron chi connectivity index (χ3n) is 8.36. The molecule has 48 heavy (non-hydrogen) atoms. The molecule has 2 atom stereocenters. The standard InChI is InChI=1S/C33H45N7O7S/c1-19(2)27(36-32(43)46-18-23-12-9-8-10-13-23)25-17-40(39-37-25)26(30(41)42)14-11-15-35-31(34)38-48(44,45)29-21(4)20(3)28-24(22(29)5)16-33(6,7)47-28/h8-10,12-13,17,19,26-27H,11,14-16,18H2,1-7H3,(H,36,43)(H,41,42)(H3,34,35,38)/t26-,27-/m0/s1. The van der Waals surface area contributed by atoms with Gasteiger partial charge in [0.15, 0.2) is 6.04 Å². The monoisotopic (exact) mass is 683 g/mol. The van der Waals surface area contributed by atoms with Gasteiger partial charge in [0.1, 0.15) is 23.7 Å². The third-order valence-corrected chi connectivity index (χ3v) is 9.98. The SMILES string of the molecule is Cc1c(C)c(S(=O)(=O)NC(=N)NCCC[C@@H](C(=O)O)n2cc([C@@H](NC(=O)OCc3ccccc3)C(C)C)nn2)c(C)c2c1OC(C)(C)C2. The van der Waals surface area contributed by atoms with Crippen molar-refractivity contribution in [2.24, 2.45) is 5.92 Å². The summed E-state index contributed by atoms with van der Waals surface area (Å²) < 4.78 is 41.8. The van der Waals surface area contributed by atoms with Gasteiger partial charge in [-0.25, -0.2) is 27.4 Å². The van der Waals surface area contributed by atoms with Crippen molar-refractivity contribution in [3.05, 3.63) is 70.0 Å². The molecule has 14 nitrogen and oxygen atoms in total. The number of aliphatic carboxylic acids is 1. The maximum atomic E-state index is 13.4. The average Bonchev–Trinajstić information content (AvgIpc) is 3.61. The number of nitrogens with one attached hydrogen (secondary N) is 4. The Morgan fingerprint density at radius 2 is 1.81 bits per heavy atom. The average molecular weight is 684 g/mol. The van der Waals surface area contributed by atoms with Gasteiger partial charge in [-0.2, -0.15) is 0 Å². The zero-order valence-electron chi connectivity index (χ0n) is 28.4. The van der Waals surface area contributed by atoms with E-state index in [-0.39, 0.29) is 36.8 Å². The molecule has 0 bridgehead atoms. The second-order valence-electron chi connectivity index (χ2n) is 13.0. The van der Waals surface area contributed by atoms with Gasteiger partial charge >= 0.3 is 12.1 Å². The van der Waals surface area contributed by atoms with Crippen molar-refractivity contribution in [2.45, 2.75) is 96.9 Å². The lowest BCUT2D eigenvalue weighted by atomic mass is 9.94. The molecule has 0 fully saturated rings. The van der Waals surface area contributed by atoms with Crippen molar-refractivity contribution >= 4 is 28.0 Å². The van der Waals surface area contributed by atoms with Gasteiger partial charge in [0.05, 0.1) is 17.1 Å². The molecule has 1 aliphatic heterocycles. The highest BCUT2D eigenvalue weighted by molar-refractivity contribution is 7.90. The second-order valence-corrected chi connectivity index (χ2v) is 14.6. The number of carboxylic acid groups (broad SMARTS) is 1. The van der Waals surface area contributed by atoms with Crippen molar-refractivity contribution < 1.29 is 32.6 Å². The fourth-order valence-electron chi connectivity index (χ4n) is 5.81. The summed E-state index contributed by atoms with van der Waals surface area (Å²) in [4.78, 5) is 24.8. The lowest BCUT2D eigenvalue weighted by Crippen LogP contribution is -2.41. The van der Waals surface area contributed by atoms with E-state index in [0.29, 0.717) is 29.0 Å². The molecule has 4 rings (SSSR count). The van der Waals surface area contributed by atoms with Crippen LogP contribution < -0.4 is 20.1 Å². The number of amides is 1. The van der Waals surface area contributed by atoms with Gasteiger partial charge in [0.25, 0.3) is 10.0 Å². The predicted octanol–water partition coefficient (Wildman–Crippen LogP) is 4.45.